The van der Waals surface area contributed by atoms with Crippen molar-refractivity contribution in [3.8, 4) is 0 Å². The Morgan fingerprint density at radius 2 is 1.80 bits per heavy atom. The molecule has 2 aliphatic rings. The fourth-order valence-corrected chi connectivity index (χ4v) is 6.59. The molecule has 0 fully saturated rings. The zero-order valence-electron chi connectivity index (χ0n) is 20.9. The Hall–Kier alpha value is -4.41. The van der Waals surface area contributed by atoms with Crippen LogP contribution in [0, 0.1) is 5.82 Å². The van der Waals surface area contributed by atoms with Gasteiger partial charge in [0.15, 0.2) is 11.0 Å². The van der Waals surface area contributed by atoms with Crippen LogP contribution in [0.15, 0.2) is 75.9 Å². The first-order valence-electron chi connectivity index (χ1n) is 12.4. The number of para-hydroxylation sites is 1. The van der Waals surface area contributed by atoms with E-state index >= 15 is 0 Å². The molecule has 40 heavy (non-hydrogen) atoms. The molecule has 4 heterocycles. The van der Waals surface area contributed by atoms with E-state index in [0.29, 0.717) is 33.3 Å². The number of carbonyl (C=O) groups excluding carboxylic acids is 2. The van der Waals surface area contributed by atoms with Crippen LogP contribution in [-0.4, -0.2) is 22.0 Å². The SMILES string of the molecule is CCc1nnc(N2C(=O)c3oc4ccc(F)cc4c(=O)c3C23C(=O)N(Cc2ccccc2Cl)c2ccccc23)s1. The Labute approximate surface area is 235 Å². The standard InChI is InChI=1S/C29H18ClFN4O4S/c1-2-22-32-33-28(40-22)35-26(37)25-23(24(36)17-13-16(31)11-12-21(17)39-25)29(35)18-8-4-6-10-20(18)34(27(29)38)14-15-7-3-5-9-19(15)30/h3-13H,2,14H2,1H3. The smallest absolute Gasteiger partial charge is 0.297 e. The molecular weight excluding hydrogens is 555 g/mol. The van der Waals surface area contributed by atoms with Crippen LogP contribution in [-0.2, 0) is 23.3 Å². The lowest BCUT2D eigenvalue weighted by atomic mass is 9.84. The Bertz CT molecular complexity index is 1960. The van der Waals surface area contributed by atoms with E-state index in [2.05, 4.69) is 10.2 Å². The maximum Gasteiger partial charge on any atom is 0.297 e. The average molecular weight is 573 g/mol. The summed E-state index contributed by atoms with van der Waals surface area (Å²) in [5.41, 5.74) is -1.19. The van der Waals surface area contributed by atoms with E-state index in [1.54, 1.807) is 42.5 Å². The summed E-state index contributed by atoms with van der Waals surface area (Å²) in [7, 11) is 0. The first-order valence-corrected chi connectivity index (χ1v) is 13.6. The van der Waals surface area contributed by atoms with Crippen LogP contribution in [0.4, 0.5) is 15.2 Å². The first-order chi connectivity index (χ1) is 19.4. The lowest BCUT2D eigenvalue weighted by Crippen LogP contribution is -2.53. The molecule has 1 unspecified atom stereocenters. The number of nitrogens with zero attached hydrogens (tertiary/aromatic N) is 4. The number of fused-ring (bicyclic) bond motifs is 5. The van der Waals surface area contributed by atoms with Crippen LogP contribution in [0.2, 0.25) is 5.02 Å². The van der Waals surface area contributed by atoms with Crippen molar-refractivity contribution in [2.45, 2.75) is 25.4 Å². The molecule has 0 aliphatic carbocycles. The molecule has 1 atom stereocenters. The summed E-state index contributed by atoms with van der Waals surface area (Å²) >= 11 is 7.61. The minimum absolute atomic E-state index is 0.0358. The zero-order chi connectivity index (χ0) is 27.8. The molecule has 7 rings (SSSR count). The number of hydrogen-bond donors (Lipinski definition) is 0. The summed E-state index contributed by atoms with van der Waals surface area (Å²) in [4.78, 5) is 45.9. The number of halogens is 2. The number of anilines is 2. The zero-order valence-corrected chi connectivity index (χ0v) is 22.4. The molecule has 0 bridgehead atoms. The van der Waals surface area contributed by atoms with Gasteiger partial charge in [-0.05, 0) is 42.3 Å². The maximum absolute atomic E-state index is 14.8. The summed E-state index contributed by atoms with van der Waals surface area (Å²) in [6.45, 7) is 1.98. The molecule has 3 aromatic carbocycles. The van der Waals surface area contributed by atoms with Gasteiger partial charge >= 0.3 is 0 Å². The van der Waals surface area contributed by atoms with Gasteiger partial charge in [0.05, 0.1) is 23.2 Å². The van der Waals surface area contributed by atoms with E-state index in [9.17, 15) is 18.8 Å². The molecule has 198 valence electrons. The number of aromatic nitrogens is 2. The number of carbonyl (C=O) groups is 2. The van der Waals surface area contributed by atoms with E-state index in [1.807, 2.05) is 13.0 Å². The summed E-state index contributed by atoms with van der Waals surface area (Å²) in [6, 6.07) is 17.6. The van der Waals surface area contributed by atoms with Crippen LogP contribution in [0.1, 0.15) is 39.2 Å². The van der Waals surface area contributed by atoms with Crippen molar-refractivity contribution in [2.75, 3.05) is 9.80 Å². The van der Waals surface area contributed by atoms with Crippen LogP contribution >= 0.6 is 22.9 Å². The maximum atomic E-state index is 14.8. The minimum atomic E-state index is -1.95. The number of hydrogen-bond acceptors (Lipinski definition) is 7. The van der Waals surface area contributed by atoms with Crippen LogP contribution in [0.3, 0.4) is 0 Å². The third kappa shape index (κ3) is 3.20. The molecule has 0 radical (unpaired) electrons. The van der Waals surface area contributed by atoms with Crippen LogP contribution in [0.5, 0.6) is 0 Å². The van der Waals surface area contributed by atoms with Gasteiger partial charge in [0.1, 0.15) is 16.4 Å². The highest BCUT2D eigenvalue weighted by Crippen LogP contribution is 2.54. The van der Waals surface area contributed by atoms with Gasteiger partial charge in [-0.3, -0.25) is 19.3 Å². The van der Waals surface area contributed by atoms with Crippen molar-refractivity contribution in [3.05, 3.63) is 115 Å². The van der Waals surface area contributed by atoms with Gasteiger partial charge in [0.25, 0.3) is 11.8 Å². The molecule has 2 aliphatic heterocycles. The highest BCUT2D eigenvalue weighted by Gasteiger charge is 2.66. The Morgan fingerprint density at radius 1 is 1.02 bits per heavy atom. The van der Waals surface area contributed by atoms with Gasteiger partial charge in [0, 0.05) is 10.6 Å². The fraction of sp³-hybridized carbons (Fsp3) is 0.138. The number of benzene rings is 3. The van der Waals surface area contributed by atoms with Gasteiger partial charge in [-0.1, -0.05) is 66.3 Å². The third-order valence-electron chi connectivity index (χ3n) is 7.32. The monoisotopic (exact) mass is 572 g/mol. The Balaban J connectivity index is 1.56. The lowest BCUT2D eigenvalue weighted by molar-refractivity contribution is -0.121. The summed E-state index contributed by atoms with van der Waals surface area (Å²) < 4.78 is 20.3. The largest absolute Gasteiger partial charge is 0.450 e. The topological polar surface area (TPSA) is 96.6 Å². The van der Waals surface area contributed by atoms with Crippen LogP contribution in [0.25, 0.3) is 11.0 Å². The highest BCUT2D eigenvalue weighted by atomic mass is 35.5. The molecule has 0 saturated heterocycles. The van der Waals surface area contributed by atoms with Gasteiger partial charge in [-0.15, -0.1) is 10.2 Å². The van der Waals surface area contributed by atoms with E-state index in [1.165, 1.54) is 15.9 Å². The number of rotatable bonds is 4. The van der Waals surface area contributed by atoms with Crippen molar-refractivity contribution in [2.24, 2.45) is 0 Å². The molecular formula is C29H18ClFN4O4S. The van der Waals surface area contributed by atoms with Gasteiger partial charge in [0.2, 0.25) is 10.9 Å². The summed E-state index contributed by atoms with van der Waals surface area (Å²) in [5.74, 6) is -2.21. The Morgan fingerprint density at radius 3 is 2.58 bits per heavy atom. The quantitative estimate of drug-likeness (QED) is 0.284. The van der Waals surface area contributed by atoms with Crippen molar-refractivity contribution >= 4 is 56.5 Å². The van der Waals surface area contributed by atoms with E-state index in [-0.39, 0.29) is 34.0 Å². The second-order valence-electron chi connectivity index (χ2n) is 9.46. The molecule has 5 aromatic rings. The highest BCUT2D eigenvalue weighted by molar-refractivity contribution is 7.15. The summed E-state index contributed by atoms with van der Waals surface area (Å²) in [5, 5.41) is 9.60. The third-order valence-corrected chi connectivity index (χ3v) is 8.74. The first kappa shape index (κ1) is 24.6. The molecule has 11 heteroatoms. The van der Waals surface area contributed by atoms with E-state index < -0.39 is 28.6 Å². The van der Waals surface area contributed by atoms with Crippen molar-refractivity contribution in [1.29, 1.82) is 0 Å². The molecule has 0 N–H and O–H groups in total. The van der Waals surface area contributed by atoms with Crippen molar-refractivity contribution in [1.82, 2.24) is 10.2 Å². The summed E-state index contributed by atoms with van der Waals surface area (Å²) in [6.07, 6.45) is 0.559. The second kappa shape index (κ2) is 8.80. The molecule has 2 amide bonds. The molecule has 2 aromatic heterocycles. The molecule has 8 nitrogen and oxygen atoms in total. The molecule has 0 saturated carbocycles. The Kier molecular flexibility index (Phi) is 5.42. The number of amides is 2. The van der Waals surface area contributed by atoms with Crippen LogP contribution < -0.4 is 15.2 Å². The minimum Gasteiger partial charge on any atom is -0.450 e. The average Bonchev–Trinajstić information content (AvgIpc) is 3.60. The predicted molar refractivity (Wildman–Crippen MR) is 148 cm³/mol. The number of aryl methyl sites for hydroxylation is 1. The fourth-order valence-electron chi connectivity index (χ4n) is 5.57. The van der Waals surface area contributed by atoms with E-state index in [4.69, 9.17) is 16.0 Å². The van der Waals surface area contributed by atoms with Gasteiger partial charge in [-0.2, -0.15) is 0 Å². The normalized spacial score (nSPS) is 17.8. The second-order valence-corrected chi connectivity index (χ2v) is 10.9. The van der Waals surface area contributed by atoms with Crippen molar-refractivity contribution in [3.63, 3.8) is 0 Å². The lowest BCUT2D eigenvalue weighted by Gasteiger charge is -2.32. The predicted octanol–water partition coefficient (Wildman–Crippen LogP) is 5.45. The van der Waals surface area contributed by atoms with Crippen molar-refractivity contribution < 1.29 is 18.4 Å². The van der Waals surface area contributed by atoms with Gasteiger partial charge in [-0.25, -0.2) is 4.39 Å². The van der Waals surface area contributed by atoms with Gasteiger partial charge < -0.3 is 9.32 Å². The molecule has 1 spiro atoms. The van der Waals surface area contributed by atoms with E-state index in [0.717, 1.165) is 23.5 Å².